The number of piperazine rings is 1. The molecule has 2 amide bonds. The molecule has 0 spiro atoms. The number of urea groups is 1. The van der Waals surface area contributed by atoms with Crippen LogP contribution in [0.1, 0.15) is 5.76 Å². The van der Waals surface area contributed by atoms with E-state index in [0.29, 0.717) is 70.6 Å². The van der Waals surface area contributed by atoms with Crippen LogP contribution in [0.5, 0.6) is 0 Å². The number of nitrogens with one attached hydrogen (secondary N) is 1. The molecule has 10 nitrogen and oxygen atoms in total. The first-order valence-corrected chi connectivity index (χ1v) is 12.7. The van der Waals surface area contributed by atoms with Gasteiger partial charge in [-0.1, -0.05) is 40.5 Å². The Hall–Kier alpha value is -4.15. The first kappa shape index (κ1) is 24.2. The summed E-state index contributed by atoms with van der Waals surface area (Å²) < 4.78 is 6.99. The molecule has 1 aliphatic rings. The molecule has 0 bridgehead atoms. The number of nitrogens with zero attached hydrogens (tertiary/aromatic N) is 7. The van der Waals surface area contributed by atoms with E-state index >= 15 is 0 Å². The second-order valence-corrected chi connectivity index (χ2v) is 9.67. The summed E-state index contributed by atoms with van der Waals surface area (Å²) in [7, 11) is 0. The van der Waals surface area contributed by atoms with E-state index in [9.17, 15) is 4.79 Å². The van der Waals surface area contributed by atoms with Crippen LogP contribution in [-0.4, -0.2) is 61.8 Å². The number of aromatic nitrogens is 5. The van der Waals surface area contributed by atoms with Gasteiger partial charge in [0.1, 0.15) is 17.9 Å². The fourth-order valence-electron chi connectivity index (χ4n) is 4.51. The molecule has 3 aromatic heterocycles. The zero-order valence-electron chi connectivity index (χ0n) is 20.3. The molecule has 38 heavy (non-hydrogen) atoms. The Morgan fingerprint density at radius 2 is 1.76 bits per heavy atom. The molecule has 1 saturated heterocycles. The van der Waals surface area contributed by atoms with Crippen molar-refractivity contribution < 1.29 is 9.32 Å². The molecule has 4 heterocycles. The van der Waals surface area contributed by atoms with Gasteiger partial charge in [0.25, 0.3) is 0 Å². The summed E-state index contributed by atoms with van der Waals surface area (Å²) in [5, 5.41) is 7.81. The van der Waals surface area contributed by atoms with Crippen molar-refractivity contribution in [3.63, 3.8) is 0 Å². The summed E-state index contributed by atoms with van der Waals surface area (Å²) >= 11 is 12.8. The quantitative estimate of drug-likeness (QED) is 0.318. The summed E-state index contributed by atoms with van der Waals surface area (Å²) in [6, 6.07) is 16.5. The monoisotopic (exact) mass is 548 g/mol. The van der Waals surface area contributed by atoms with Crippen LogP contribution in [0.3, 0.4) is 0 Å². The number of benzene rings is 2. The van der Waals surface area contributed by atoms with E-state index in [4.69, 9.17) is 32.7 Å². The molecule has 0 atom stereocenters. The number of imidazole rings is 1. The van der Waals surface area contributed by atoms with Crippen LogP contribution in [0.15, 0.2) is 65.4 Å². The first-order chi connectivity index (χ1) is 18.5. The van der Waals surface area contributed by atoms with Crippen molar-refractivity contribution in [2.24, 2.45) is 0 Å². The predicted octanol–water partition coefficient (Wildman–Crippen LogP) is 5.44. The molecular weight excluding hydrogens is 527 g/mol. The van der Waals surface area contributed by atoms with Crippen LogP contribution in [0.2, 0.25) is 10.0 Å². The summed E-state index contributed by atoms with van der Waals surface area (Å²) in [6.07, 6.45) is 1.54. The highest BCUT2D eigenvalue weighted by molar-refractivity contribution is 6.33. The van der Waals surface area contributed by atoms with E-state index in [1.165, 1.54) is 6.33 Å². The number of amides is 2. The zero-order valence-corrected chi connectivity index (χ0v) is 21.8. The second kappa shape index (κ2) is 9.96. The summed E-state index contributed by atoms with van der Waals surface area (Å²) in [4.78, 5) is 30.7. The molecule has 0 unspecified atom stereocenters. The van der Waals surface area contributed by atoms with Crippen LogP contribution in [-0.2, 0) is 0 Å². The number of carbonyl (C=O) groups excluding carboxylic acids is 1. The van der Waals surface area contributed by atoms with Crippen molar-refractivity contribution in [1.82, 2.24) is 29.6 Å². The van der Waals surface area contributed by atoms with Crippen LogP contribution < -0.4 is 10.2 Å². The zero-order chi connectivity index (χ0) is 26.2. The topological polar surface area (TPSA) is 105 Å². The minimum absolute atomic E-state index is 0.223. The highest BCUT2D eigenvalue weighted by atomic mass is 35.5. The number of halogens is 2. The summed E-state index contributed by atoms with van der Waals surface area (Å²) in [5.41, 5.74) is 2.92. The average molecular weight is 549 g/mol. The SMILES string of the molecule is Cc1cc(NC(=O)N2CCN(c3ncnc4c3nc(-c3ccccc3Cl)n4-c3ccc(Cl)cc3)CC2)no1. The van der Waals surface area contributed by atoms with Gasteiger partial charge in [-0.25, -0.2) is 19.7 Å². The maximum atomic E-state index is 12.7. The van der Waals surface area contributed by atoms with E-state index in [2.05, 4.69) is 25.3 Å². The third kappa shape index (κ3) is 4.52. The predicted molar refractivity (Wildman–Crippen MR) is 146 cm³/mol. The van der Waals surface area contributed by atoms with Gasteiger partial charge >= 0.3 is 6.03 Å². The summed E-state index contributed by atoms with van der Waals surface area (Å²) in [6.45, 7) is 3.93. The van der Waals surface area contributed by atoms with Crippen molar-refractivity contribution in [2.75, 3.05) is 36.4 Å². The Morgan fingerprint density at radius 1 is 1.00 bits per heavy atom. The van der Waals surface area contributed by atoms with Gasteiger partial charge in [0.15, 0.2) is 22.8 Å². The fourth-order valence-corrected chi connectivity index (χ4v) is 4.85. The van der Waals surface area contributed by atoms with E-state index in [-0.39, 0.29) is 6.03 Å². The number of fused-ring (bicyclic) bond motifs is 1. The van der Waals surface area contributed by atoms with Crippen molar-refractivity contribution in [1.29, 1.82) is 0 Å². The van der Waals surface area contributed by atoms with E-state index in [1.54, 1.807) is 17.9 Å². The molecule has 5 aromatic rings. The van der Waals surface area contributed by atoms with Crippen LogP contribution in [0.4, 0.5) is 16.4 Å². The third-order valence-electron chi connectivity index (χ3n) is 6.35. The molecule has 1 aliphatic heterocycles. The number of aryl methyl sites for hydroxylation is 1. The number of hydrogen-bond acceptors (Lipinski definition) is 7. The lowest BCUT2D eigenvalue weighted by atomic mass is 10.2. The Bertz CT molecular complexity index is 1620. The van der Waals surface area contributed by atoms with Gasteiger partial charge < -0.3 is 14.3 Å². The van der Waals surface area contributed by atoms with E-state index < -0.39 is 0 Å². The lowest BCUT2D eigenvalue weighted by Crippen LogP contribution is -2.50. The van der Waals surface area contributed by atoms with Crippen LogP contribution in [0, 0.1) is 6.92 Å². The Morgan fingerprint density at radius 3 is 2.47 bits per heavy atom. The minimum atomic E-state index is -0.223. The number of anilines is 2. The van der Waals surface area contributed by atoms with Gasteiger partial charge in [0.2, 0.25) is 0 Å². The van der Waals surface area contributed by atoms with Gasteiger partial charge in [-0.3, -0.25) is 9.88 Å². The highest BCUT2D eigenvalue weighted by Crippen LogP contribution is 2.35. The van der Waals surface area contributed by atoms with E-state index in [1.807, 2.05) is 53.1 Å². The molecule has 0 saturated carbocycles. The fraction of sp³-hybridized carbons (Fsp3) is 0.192. The van der Waals surface area contributed by atoms with Gasteiger partial charge in [-0.15, -0.1) is 0 Å². The van der Waals surface area contributed by atoms with Crippen molar-refractivity contribution in [3.05, 3.63) is 76.7 Å². The molecule has 2 aromatic carbocycles. The average Bonchev–Trinajstić information content (AvgIpc) is 3.52. The van der Waals surface area contributed by atoms with Gasteiger partial charge in [0, 0.05) is 48.5 Å². The first-order valence-electron chi connectivity index (χ1n) is 12.0. The Balaban J connectivity index is 1.34. The van der Waals surface area contributed by atoms with Crippen LogP contribution >= 0.6 is 23.2 Å². The Labute approximate surface area is 227 Å². The van der Waals surface area contributed by atoms with Gasteiger partial charge in [0.05, 0.1) is 5.02 Å². The highest BCUT2D eigenvalue weighted by Gasteiger charge is 2.27. The maximum absolute atomic E-state index is 12.7. The lowest BCUT2D eigenvalue weighted by Gasteiger charge is -2.35. The number of rotatable bonds is 4. The lowest BCUT2D eigenvalue weighted by molar-refractivity contribution is 0.208. The van der Waals surface area contributed by atoms with Crippen molar-refractivity contribution in [3.8, 4) is 17.1 Å². The van der Waals surface area contributed by atoms with E-state index in [0.717, 1.165) is 11.3 Å². The van der Waals surface area contributed by atoms with Crippen molar-refractivity contribution in [2.45, 2.75) is 6.92 Å². The molecule has 6 rings (SSSR count). The van der Waals surface area contributed by atoms with Crippen LogP contribution in [0.25, 0.3) is 28.2 Å². The molecule has 0 radical (unpaired) electrons. The molecule has 1 N–H and O–H groups in total. The normalized spacial score (nSPS) is 13.8. The summed E-state index contributed by atoms with van der Waals surface area (Å²) in [5.74, 6) is 2.37. The molecule has 1 fully saturated rings. The third-order valence-corrected chi connectivity index (χ3v) is 6.94. The second-order valence-electron chi connectivity index (χ2n) is 8.82. The largest absolute Gasteiger partial charge is 0.360 e. The minimum Gasteiger partial charge on any atom is -0.360 e. The number of carbonyl (C=O) groups is 1. The molecule has 192 valence electrons. The van der Waals surface area contributed by atoms with Gasteiger partial charge in [-0.05, 0) is 43.3 Å². The molecular formula is C26H22Cl2N8O2. The smallest absolute Gasteiger partial charge is 0.323 e. The van der Waals surface area contributed by atoms with Crippen molar-refractivity contribution >= 4 is 52.0 Å². The Kier molecular flexibility index (Phi) is 6.34. The van der Waals surface area contributed by atoms with Gasteiger partial charge in [-0.2, -0.15) is 0 Å². The molecule has 0 aliphatic carbocycles. The maximum Gasteiger partial charge on any atom is 0.323 e. The number of hydrogen-bond donors (Lipinski definition) is 1. The molecule has 12 heteroatoms. The standard InChI is InChI=1S/C26H22Cl2N8O2/c1-16-14-21(33-38-16)31-26(37)35-12-10-34(11-13-35)24-22-25(30-15-29-24)36(18-8-6-17(27)7-9-18)23(32-22)19-4-2-3-5-20(19)28/h2-9,14-15H,10-13H2,1H3,(H,31,33,37).